The summed E-state index contributed by atoms with van der Waals surface area (Å²) in [5, 5.41) is 2.97. The van der Waals surface area contributed by atoms with Crippen LogP contribution in [0.5, 0.6) is 0 Å². The van der Waals surface area contributed by atoms with E-state index in [9.17, 15) is 18.4 Å². The molecular formula is C16H11Cl2F2NO3. The molecule has 1 amide bonds. The van der Waals surface area contributed by atoms with E-state index in [1.165, 1.54) is 6.07 Å². The van der Waals surface area contributed by atoms with Crippen molar-refractivity contribution in [2.24, 2.45) is 0 Å². The summed E-state index contributed by atoms with van der Waals surface area (Å²) in [7, 11) is 1.06. The van der Waals surface area contributed by atoms with E-state index in [4.69, 9.17) is 23.2 Å². The maximum atomic E-state index is 13.8. The second-order valence-corrected chi connectivity index (χ2v) is 5.61. The van der Waals surface area contributed by atoms with Crippen LogP contribution in [-0.2, 0) is 16.0 Å². The van der Waals surface area contributed by atoms with Gasteiger partial charge in [-0.1, -0.05) is 29.3 Å². The second kappa shape index (κ2) is 7.59. The minimum atomic E-state index is -1.09. The van der Waals surface area contributed by atoms with Crippen molar-refractivity contribution in [2.45, 2.75) is 6.42 Å². The maximum absolute atomic E-state index is 13.8. The molecule has 0 atom stereocenters. The SMILES string of the molecule is COC(=O)c1cc(NC(=O)Cc2ccc(Cl)cc2Cl)c(F)cc1F. The summed E-state index contributed by atoms with van der Waals surface area (Å²) >= 11 is 11.7. The molecule has 2 aromatic rings. The highest BCUT2D eigenvalue weighted by molar-refractivity contribution is 6.35. The number of anilines is 1. The molecule has 0 fully saturated rings. The van der Waals surface area contributed by atoms with Crippen molar-refractivity contribution in [2.75, 3.05) is 12.4 Å². The number of halogens is 4. The largest absolute Gasteiger partial charge is 0.465 e. The van der Waals surface area contributed by atoms with Gasteiger partial charge < -0.3 is 10.1 Å². The van der Waals surface area contributed by atoms with E-state index in [0.29, 0.717) is 16.7 Å². The van der Waals surface area contributed by atoms with Crippen LogP contribution in [0.3, 0.4) is 0 Å². The number of ether oxygens (including phenoxy) is 1. The van der Waals surface area contributed by atoms with Gasteiger partial charge in [-0.3, -0.25) is 4.79 Å². The molecule has 0 aliphatic carbocycles. The molecule has 0 spiro atoms. The number of nitrogens with one attached hydrogen (secondary N) is 1. The molecule has 0 saturated heterocycles. The normalized spacial score (nSPS) is 10.4. The minimum Gasteiger partial charge on any atom is -0.465 e. The molecule has 0 radical (unpaired) electrons. The zero-order chi connectivity index (χ0) is 17.9. The first-order chi connectivity index (χ1) is 11.3. The first-order valence-electron chi connectivity index (χ1n) is 6.63. The Morgan fingerprint density at radius 1 is 1.12 bits per heavy atom. The third-order valence-corrected chi connectivity index (χ3v) is 3.69. The van der Waals surface area contributed by atoms with E-state index in [1.807, 2.05) is 0 Å². The van der Waals surface area contributed by atoms with Crippen molar-refractivity contribution in [3.8, 4) is 0 Å². The summed E-state index contributed by atoms with van der Waals surface area (Å²) in [5.74, 6) is -3.68. The molecule has 8 heteroatoms. The van der Waals surface area contributed by atoms with Crippen LogP contribution in [0.4, 0.5) is 14.5 Å². The fraction of sp³-hybridized carbons (Fsp3) is 0.125. The van der Waals surface area contributed by atoms with Gasteiger partial charge in [0.2, 0.25) is 5.91 Å². The summed E-state index contributed by atoms with van der Waals surface area (Å²) in [5.41, 5.74) is -0.347. The number of esters is 1. The molecular weight excluding hydrogens is 363 g/mol. The summed E-state index contributed by atoms with van der Waals surface area (Å²) in [6.45, 7) is 0. The lowest BCUT2D eigenvalue weighted by Gasteiger charge is -2.10. The van der Waals surface area contributed by atoms with Gasteiger partial charge >= 0.3 is 5.97 Å². The first-order valence-corrected chi connectivity index (χ1v) is 7.38. The van der Waals surface area contributed by atoms with Gasteiger partial charge in [0.15, 0.2) is 0 Å². The molecule has 0 bridgehead atoms. The van der Waals surface area contributed by atoms with Crippen LogP contribution in [0.1, 0.15) is 15.9 Å². The lowest BCUT2D eigenvalue weighted by atomic mass is 10.1. The van der Waals surface area contributed by atoms with Crippen molar-refractivity contribution in [3.05, 3.63) is 63.1 Å². The Balaban J connectivity index is 2.21. The van der Waals surface area contributed by atoms with Crippen LogP contribution in [-0.4, -0.2) is 19.0 Å². The van der Waals surface area contributed by atoms with Crippen LogP contribution in [0.2, 0.25) is 10.0 Å². The van der Waals surface area contributed by atoms with Crippen LogP contribution < -0.4 is 5.32 Å². The number of benzene rings is 2. The fourth-order valence-electron chi connectivity index (χ4n) is 1.94. The topological polar surface area (TPSA) is 55.4 Å². The van der Waals surface area contributed by atoms with E-state index >= 15 is 0 Å². The molecule has 1 N–H and O–H groups in total. The fourth-order valence-corrected chi connectivity index (χ4v) is 2.42. The molecule has 2 aromatic carbocycles. The highest BCUT2D eigenvalue weighted by atomic mass is 35.5. The van der Waals surface area contributed by atoms with Gasteiger partial charge in [-0.25, -0.2) is 13.6 Å². The molecule has 0 saturated carbocycles. The standard InChI is InChI=1S/C16H11Cl2F2NO3/c1-24-16(23)10-6-14(13(20)7-12(10)19)21-15(22)4-8-2-3-9(17)5-11(8)18/h2-3,5-7H,4H2,1H3,(H,21,22). The molecule has 0 heterocycles. The Bertz CT molecular complexity index is 812. The number of amides is 1. The molecule has 126 valence electrons. The van der Waals surface area contributed by atoms with Crippen LogP contribution in [0.25, 0.3) is 0 Å². The van der Waals surface area contributed by atoms with Gasteiger partial charge in [0.1, 0.15) is 11.6 Å². The molecule has 0 aliphatic heterocycles. The minimum absolute atomic E-state index is 0.152. The molecule has 0 unspecified atom stereocenters. The third kappa shape index (κ3) is 4.21. The molecule has 0 aliphatic rings. The van der Waals surface area contributed by atoms with Crippen molar-refractivity contribution in [3.63, 3.8) is 0 Å². The van der Waals surface area contributed by atoms with E-state index in [-0.39, 0.29) is 17.1 Å². The summed E-state index contributed by atoms with van der Waals surface area (Å²) < 4.78 is 31.7. The summed E-state index contributed by atoms with van der Waals surface area (Å²) in [6, 6.07) is 5.96. The van der Waals surface area contributed by atoms with Gasteiger partial charge in [-0.15, -0.1) is 0 Å². The number of rotatable bonds is 4. The number of methoxy groups -OCH3 is 1. The molecule has 0 aromatic heterocycles. The third-order valence-electron chi connectivity index (χ3n) is 3.10. The summed E-state index contributed by atoms with van der Waals surface area (Å²) in [4.78, 5) is 23.5. The Kier molecular flexibility index (Phi) is 5.75. The Morgan fingerprint density at radius 2 is 1.83 bits per heavy atom. The number of carbonyl (C=O) groups excluding carboxylic acids is 2. The van der Waals surface area contributed by atoms with E-state index in [1.54, 1.807) is 12.1 Å². The molecule has 4 nitrogen and oxygen atoms in total. The Hall–Kier alpha value is -2.18. The Labute approximate surface area is 146 Å². The highest BCUT2D eigenvalue weighted by Crippen LogP contribution is 2.23. The van der Waals surface area contributed by atoms with Crippen molar-refractivity contribution < 1.29 is 23.1 Å². The monoisotopic (exact) mass is 373 g/mol. The van der Waals surface area contributed by atoms with Gasteiger partial charge in [0.05, 0.1) is 24.8 Å². The van der Waals surface area contributed by atoms with E-state index < -0.39 is 29.1 Å². The van der Waals surface area contributed by atoms with E-state index in [2.05, 4.69) is 10.1 Å². The zero-order valence-corrected chi connectivity index (χ0v) is 13.8. The van der Waals surface area contributed by atoms with Gasteiger partial charge in [0, 0.05) is 16.1 Å². The highest BCUT2D eigenvalue weighted by Gasteiger charge is 2.18. The van der Waals surface area contributed by atoms with E-state index in [0.717, 1.165) is 13.2 Å². The van der Waals surface area contributed by atoms with Crippen LogP contribution in [0, 0.1) is 11.6 Å². The Morgan fingerprint density at radius 3 is 2.46 bits per heavy atom. The lowest BCUT2D eigenvalue weighted by Crippen LogP contribution is -2.17. The van der Waals surface area contributed by atoms with Gasteiger partial charge in [0.25, 0.3) is 0 Å². The predicted molar refractivity (Wildman–Crippen MR) is 86.5 cm³/mol. The molecule has 24 heavy (non-hydrogen) atoms. The van der Waals surface area contributed by atoms with Crippen molar-refractivity contribution in [1.29, 1.82) is 0 Å². The number of hydrogen-bond acceptors (Lipinski definition) is 3. The second-order valence-electron chi connectivity index (χ2n) is 4.76. The molecule has 2 rings (SSSR count). The first kappa shape index (κ1) is 18.2. The van der Waals surface area contributed by atoms with Crippen molar-refractivity contribution in [1.82, 2.24) is 0 Å². The zero-order valence-electron chi connectivity index (χ0n) is 12.3. The average Bonchev–Trinajstić information content (AvgIpc) is 2.52. The average molecular weight is 374 g/mol. The van der Waals surface area contributed by atoms with Crippen LogP contribution >= 0.6 is 23.2 Å². The smallest absolute Gasteiger partial charge is 0.340 e. The predicted octanol–water partition coefficient (Wildman–Crippen LogP) is 4.24. The quantitative estimate of drug-likeness (QED) is 0.815. The number of hydrogen-bond donors (Lipinski definition) is 1. The maximum Gasteiger partial charge on any atom is 0.340 e. The van der Waals surface area contributed by atoms with Crippen LogP contribution in [0.15, 0.2) is 30.3 Å². The van der Waals surface area contributed by atoms with Crippen molar-refractivity contribution >= 4 is 40.8 Å². The van der Waals surface area contributed by atoms with Gasteiger partial charge in [-0.2, -0.15) is 0 Å². The van der Waals surface area contributed by atoms with Gasteiger partial charge in [-0.05, 0) is 23.8 Å². The lowest BCUT2D eigenvalue weighted by molar-refractivity contribution is -0.115. The number of carbonyl (C=O) groups is 2. The summed E-state index contributed by atoms with van der Waals surface area (Å²) in [6.07, 6.45) is -0.152.